The second kappa shape index (κ2) is 7.80. The Hall–Kier alpha value is -1.68. The predicted molar refractivity (Wildman–Crippen MR) is 81.6 cm³/mol. The second-order valence-corrected chi connectivity index (χ2v) is 5.28. The van der Waals surface area contributed by atoms with Gasteiger partial charge in [0.1, 0.15) is 0 Å². The minimum Gasteiger partial charge on any atom is -0.314 e. The van der Waals surface area contributed by atoms with E-state index in [0.717, 1.165) is 32.2 Å². The molecule has 0 saturated carbocycles. The topological polar surface area (TPSA) is 42.7 Å². The van der Waals surface area contributed by atoms with Gasteiger partial charge in [0.15, 0.2) is 0 Å². The summed E-state index contributed by atoms with van der Waals surface area (Å²) in [7, 11) is 1.97. The maximum atomic E-state index is 4.25. The van der Waals surface area contributed by atoms with E-state index in [1.165, 1.54) is 11.1 Å². The van der Waals surface area contributed by atoms with Gasteiger partial charge in [-0.3, -0.25) is 9.67 Å². The molecule has 0 aromatic carbocycles. The van der Waals surface area contributed by atoms with E-state index in [-0.39, 0.29) is 0 Å². The molecule has 2 rings (SSSR count). The zero-order valence-corrected chi connectivity index (χ0v) is 12.4. The van der Waals surface area contributed by atoms with Crippen LogP contribution in [-0.2, 0) is 19.9 Å². The average Bonchev–Trinajstić information content (AvgIpc) is 2.88. The lowest BCUT2D eigenvalue weighted by molar-refractivity contribution is 0.477. The molecular formula is C16H24N4. The van der Waals surface area contributed by atoms with Crippen molar-refractivity contribution in [1.82, 2.24) is 20.1 Å². The Bertz CT molecular complexity index is 492. The first-order valence-electron chi connectivity index (χ1n) is 7.37. The number of nitrogens with zero attached hydrogens (tertiary/aromatic N) is 3. The molecule has 1 unspecified atom stereocenters. The van der Waals surface area contributed by atoms with Gasteiger partial charge in [-0.2, -0.15) is 5.10 Å². The summed E-state index contributed by atoms with van der Waals surface area (Å²) in [6.07, 6.45) is 12.2. The minimum atomic E-state index is 0.499. The molecule has 0 aliphatic rings. The highest BCUT2D eigenvalue weighted by Gasteiger charge is 2.10. The van der Waals surface area contributed by atoms with Crippen LogP contribution in [0.3, 0.4) is 0 Å². The molecule has 4 nitrogen and oxygen atoms in total. The molecule has 2 aromatic rings. The van der Waals surface area contributed by atoms with Crippen molar-refractivity contribution < 1.29 is 0 Å². The lowest BCUT2D eigenvalue weighted by Crippen LogP contribution is -2.32. The monoisotopic (exact) mass is 272 g/mol. The van der Waals surface area contributed by atoms with Crippen LogP contribution in [0, 0.1) is 0 Å². The largest absolute Gasteiger partial charge is 0.314 e. The molecule has 0 aliphatic carbocycles. The van der Waals surface area contributed by atoms with Crippen molar-refractivity contribution >= 4 is 0 Å². The molecule has 4 heteroatoms. The lowest BCUT2D eigenvalue weighted by atomic mass is 10.0. The van der Waals surface area contributed by atoms with Gasteiger partial charge in [-0.1, -0.05) is 13.0 Å². The van der Waals surface area contributed by atoms with Crippen molar-refractivity contribution in [2.75, 3.05) is 6.54 Å². The Morgan fingerprint density at radius 1 is 1.30 bits per heavy atom. The van der Waals surface area contributed by atoms with Crippen molar-refractivity contribution in [3.05, 3.63) is 48.0 Å². The molecule has 2 heterocycles. The van der Waals surface area contributed by atoms with Crippen molar-refractivity contribution in [2.24, 2.45) is 7.05 Å². The molecule has 0 aliphatic heterocycles. The molecule has 2 aromatic heterocycles. The normalized spacial score (nSPS) is 12.5. The zero-order chi connectivity index (χ0) is 14.2. The highest BCUT2D eigenvalue weighted by atomic mass is 15.2. The van der Waals surface area contributed by atoms with E-state index >= 15 is 0 Å². The number of nitrogens with one attached hydrogen (secondary N) is 1. The first-order chi connectivity index (χ1) is 9.78. The van der Waals surface area contributed by atoms with Gasteiger partial charge in [0.25, 0.3) is 0 Å². The molecule has 20 heavy (non-hydrogen) atoms. The summed E-state index contributed by atoms with van der Waals surface area (Å²) < 4.78 is 1.87. The van der Waals surface area contributed by atoms with Crippen molar-refractivity contribution in [2.45, 2.75) is 38.6 Å². The summed E-state index contributed by atoms with van der Waals surface area (Å²) in [5.41, 5.74) is 2.61. The van der Waals surface area contributed by atoms with Crippen molar-refractivity contribution in [1.29, 1.82) is 0 Å². The molecule has 108 valence electrons. The third-order valence-corrected chi connectivity index (χ3v) is 3.43. The number of rotatable bonds is 8. The standard InChI is InChI=1S/C16H24N4/c1-3-8-18-16(10-15-12-19-20(2)13-15)7-6-14-5-4-9-17-11-14/h4-5,9,11-13,16,18H,3,6-8,10H2,1-2H3. The summed E-state index contributed by atoms with van der Waals surface area (Å²) >= 11 is 0. The van der Waals surface area contributed by atoms with E-state index < -0.39 is 0 Å². The highest BCUT2D eigenvalue weighted by molar-refractivity contribution is 5.10. The molecule has 0 spiro atoms. The van der Waals surface area contributed by atoms with Gasteiger partial charge >= 0.3 is 0 Å². The highest BCUT2D eigenvalue weighted by Crippen LogP contribution is 2.09. The van der Waals surface area contributed by atoms with Gasteiger partial charge < -0.3 is 5.32 Å². The Balaban J connectivity index is 1.89. The quantitative estimate of drug-likeness (QED) is 0.802. The fourth-order valence-electron chi connectivity index (χ4n) is 2.37. The minimum absolute atomic E-state index is 0.499. The van der Waals surface area contributed by atoms with Crippen LogP contribution in [0.5, 0.6) is 0 Å². The van der Waals surface area contributed by atoms with Gasteiger partial charge in [0.05, 0.1) is 6.20 Å². The summed E-state index contributed by atoms with van der Waals surface area (Å²) in [6, 6.07) is 4.65. The Kier molecular flexibility index (Phi) is 5.74. The van der Waals surface area contributed by atoms with Crippen LogP contribution < -0.4 is 5.32 Å². The van der Waals surface area contributed by atoms with Crippen LogP contribution >= 0.6 is 0 Å². The lowest BCUT2D eigenvalue weighted by Gasteiger charge is -2.17. The summed E-state index contributed by atoms with van der Waals surface area (Å²) in [5, 5.41) is 7.89. The van der Waals surface area contributed by atoms with Crippen LogP contribution in [0.4, 0.5) is 0 Å². The third-order valence-electron chi connectivity index (χ3n) is 3.43. The molecule has 1 N–H and O–H groups in total. The van der Waals surface area contributed by atoms with Crippen LogP contribution in [0.25, 0.3) is 0 Å². The third kappa shape index (κ3) is 4.78. The van der Waals surface area contributed by atoms with Gasteiger partial charge in [-0.15, -0.1) is 0 Å². The molecule has 1 atom stereocenters. The van der Waals surface area contributed by atoms with Crippen LogP contribution in [0.1, 0.15) is 30.9 Å². The van der Waals surface area contributed by atoms with Crippen LogP contribution in [0.2, 0.25) is 0 Å². The van der Waals surface area contributed by atoms with E-state index in [4.69, 9.17) is 0 Å². The van der Waals surface area contributed by atoms with Gasteiger partial charge in [-0.05, 0) is 49.4 Å². The predicted octanol–water partition coefficient (Wildman–Crippen LogP) is 2.36. The molecule has 0 saturated heterocycles. The fourth-order valence-corrected chi connectivity index (χ4v) is 2.37. The van der Waals surface area contributed by atoms with E-state index in [2.05, 4.69) is 34.6 Å². The average molecular weight is 272 g/mol. The molecule has 0 fully saturated rings. The summed E-state index contributed by atoms with van der Waals surface area (Å²) in [4.78, 5) is 4.18. The van der Waals surface area contributed by atoms with Gasteiger partial charge in [-0.25, -0.2) is 0 Å². The molecule has 0 radical (unpaired) electrons. The SMILES string of the molecule is CCCNC(CCc1cccnc1)Cc1cnn(C)c1. The van der Waals surface area contributed by atoms with Crippen molar-refractivity contribution in [3.63, 3.8) is 0 Å². The summed E-state index contributed by atoms with van der Waals surface area (Å²) in [5.74, 6) is 0. The number of aromatic nitrogens is 3. The van der Waals surface area contributed by atoms with E-state index in [1.54, 1.807) is 0 Å². The fraction of sp³-hybridized carbons (Fsp3) is 0.500. The van der Waals surface area contributed by atoms with E-state index in [1.807, 2.05) is 36.4 Å². The van der Waals surface area contributed by atoms with Crippen LogP contribution in [0.15, 0.2) is 36.9 Å². The Morgan fingerprint density at radius 3 is 2.85 bits per heavy atom. The smallest absolute Gasteiger partial charge is 0.0522 e. The van der Waals surface area contributed by atoms with Gasteiger partial charge in [0, 0.05) is 31.7 Å². The number of aryl methyl sites for hydroxylation is 2. The maximum Gasteiger partial charge on any atom is 0.0522 e. The first kappa shape index (κ1) is 14.7. The Labute approximate surface area is 121 Å². The number of pyridine rings is 1. The zero-order valence-electron chi connectivity index (χ0n) is 12.4. The molecule has 0 amide bonds. The summed E-state index contributed by atoms with van der Waals surface area (Å²) in [6.45, 7) is 3.27. The van der Waals surface area contributed by atoms with Crippen LogP contribution in [-0.4, -0.2) is 27.4 Å². The first-order valence-corrected chi connectivity index (χ1v) is 7.37. The van der Waals surface area contributed by atoms with Gasteiger partial charge in [0.2, 0.25) is 0 Å². The van der Waals surface area contributed by atoms with E-state index in [9.17, 15) is 0 Å². The molecule has 0 bridgehead atoms. The number of hydrogen-bond acceptors (Lipinski definition) is 3. The number of hydrogen-bond donors (Lipinski definition) is 1. The van der Waals surface area contributed by atoms with Crippen molar-refractivity contribution in [3.8, 4) is 0 Å². The maximum absolute atomic E-state index is 4.25. The second-order valence-electron chi connectivity index (χ2n) is 5.28. The van der Waals surface area contributed by atoms with E-state index in [0.29, 0.717) is 6.04 Å². The Morgan fingerprint density at radius 2 is 2.20 bits per heavy atom. The molecular weight excluding hydrogens is 248 g/mol.